The van der Waals surface area contributed by atoms with Crippen molar-refractivity contribution in [1.82, 2.24) is 0 Å². The molecule has 0 aliphatic rings. The van der Waals surface area contributed by atoms with Crippen LogP contribution in [0.4, 0.5) is 0 Å². The standard InChI is InChI=1S/C30H26/c1-23-3-7-25(8-4-23)11-13-27-15-19-29(20-16-27)30-21-17-28(18-22-30)14-12-26-9-5-24(2)6-10-26/h3-22H,1-2H3/b13-11+,14-12+. The lowest BCUT2D eigenvalue weighted by Crippen LogP contribution is -1.80. The van der Waals surface area contributed by atoms with Crippen LogP contribution in [-0.4, -0.2) is 0 Å². The molecule has 0 nitrogen and oxygen atoms in total. The molecular weight excluding hydrogens is 360 g/mol. The summed E-state index contributed by atoms with van der Waals surface area (Å²) in [7, 11) is 0. The topological polar surface area (TPSA) is 0 Å². The van der Waals surface area contributed by atoms with Gasteiger partial charge in [-0.3, -0.25) is 0 Å². The van der Waals surface area contributed by atoms with Crippen LogP contribution in [0.3, 0.4) is 0 Å². The van der Waals surface area contributed by atoms with Crippen LogP contribution in [0.2, 0.25) is 0 Å². The van der Waals surface area contributed by atoms with E-state index in [1.54, 1.807) is 0 Å². The summed E-state index contributed by atoms with van der Waals surface area (Å²) in [6, 6.07) is 34.6. The molecule has 0 amide bonds. The molecule has 146 valence electrons. The second-order valence-corrected chi connectivity index (χ2v) is 7.73. The Morgan fingerprint density at radius 1 is 0.333 bits per heavy atom. The number of hydrogen-bond acceptors (Lipinski definition) is 0. The Balaban J connectivity index is 1.42. The normalized spacial score (nSPS) is 11.4. The molecule has 0 fully saturated rings. The number of rotatable bonds is 5. The zero-order chi connectivity index (χ0) is 20.8. The van der Waals surface area contributed by atoms with Gasteiger partial charge in [-0.15, -0.1) is 0 Å². The highest BCUT2D eigenvalue weighted by molar-refractivity contribution is 5.74. The predicted octanol–water partition coefficient (Wildman–Crippen LogP) is 8.31. The molecule has 0 heteroatoms. The number of benzene rings is 4. The van der Waals surface area contributed by atoms with E-state index in [9.17, 15) is 0 Å². The van der Waals surface area contributed by atoms with Gasteiger partial charge in [-0.2, -0.15) is 0 Å². The highest BCUT2D eigenvalue weighted by Crippen LogP contribution is 2.22. The molecule has 4 aromatic rings. The van der Waals surface area contributed by atoms with Crippen LogP contribution in [0.25, 0.3) is 35.4 Å². The molecular formula is C30H26. The summed E-state index contributed by atoms with van der Waals surface area (Å²) in [5.41, 5.74) is 9.89. The zero-order valence-electron chi connectivity index (χ0n) is 17.5. The Labute approximate surface area is 179 Å². The summed E-state index contributed by atoms with van der Waals surface area (Å²) >= 11 is 0. The molecule has 0 unspecified atom stereocenters. The summed E-state index contributed by atoms with van der Waals surface area (Å²) in [6.07, 6.45) is 8.63. The molecule has 0 saturated carbocycles. The molecule has 4 rings (SSSR count). The van der Waals surface area contributed by atoms with Crippen molar-refractivity contribution in [2.45, 2.75) is 13.8 Å². The average molecular weight is 387 g/mol. The Morgan fingerprint density at radius 3 is 0.833 bits per heavy atom. The molecule has 0 aliphatic heterocycles. The first-order valence-electron chi connectivity index (χ1n) is 10.4. The van der Waals surface area contributed by atoms with Crippen molar-refractivity contribution >= 4 is 24.3 Å². The molecule has 0 aromatic heterocycles. The maximum atomic E-state index is 2.19. The van der Waals surface area contributed by atoms with Gasteiger partial charge in [-0.25, -0.2) is 0 Å². The van der Waals surface area contributed by atoms with E-state index < -0.39 is 0 Å². The van der Waals surface area contributed by atoms with Crippen LogP contribution in [0, 0.1) is 13.8 Å². The molecule has 0 atom stereocenters. The van der Waals surface area contributed by atoms with Crippen LogP contribution in [0.5, 0.6) is 0 Å². The van der Waals surface area contributed by atoms with E-state index in [0.29, 0.717) is 0 Å². The summed E-state index contributed by atoms with van der Waals surface area (Å²) in [6.45, 7) is 4.22. The van der Waals surface area contributed by atoms with Crippen molar-refractivity contribution in [3.63, 3.8) is 0 Å². The molecule has 0 aliphatic carbocycles. The minimum atomic E-state index is 1.21. The molecule has 0 N–H and O–H groups in total. The maximum absolute atomic E-state index is 2.19. The Hall–Kier alpha value is -3.64. The van der Waals surface area contributed by atoms with E-state index in [4.69, 9.17) is 0 Å². The van der Waals surface area contributed by atoms with E-state index in [1.165, 1.54) is 44.5 Å². The van der Waals surface area contributed by atoms with E-state index in [2.05, 4.69) is 135 Å². The fourth-order valence-electron chi connectivity index (χ4n) is 3.31. The van der Waals surface area contributed by atoms with Crippen LogP contribution < -0.4 is 0 Å². The van der Waals surface area contributed by atoms with Crippen molar-refractivity contribution in [3.8, 4) is 11.1 Å². The minimum Gasteiger partial charge on any atom is -0.0587 e. The van der Waals surface area contributed by atoms with E-state index in [1.807, 2.05) is 0 Å². The summed E-state index contributed by atoms with van der Waals surface area (Å²) < 4.78 is 0. The van der Waals surface area contributed by atoms with Gasteiger partial charge in [0, 0.05) is 0 Å². The molecule has 0 bridgehead atoms. The zero-order valence-corrected chi connectivity index (χ0v) is 17.5. The highest BCUT2D eigenvalue weighted by Gasteiger charge is 1.98. The van der Waals surface area contributed by atoms with Crippen LogP contribution >= 0.6 is 0 Å². The molecule has 4 aromatic carbocycles. The van der Waals surface area contributed by atoms with Crippen molar-refractivity contribution in [3.05, 3.63) is 130 Å². The summed E-state index contributed by atoms with van der Waals surface area (Å²) in [4.78, 5) is 0. The smallest absolute Gasteiger partial charge is 0.0184 e. The van der Waals surface area contributed by atoms with Crippen LogP contribution in [0.15, 0.2) is 97.1 Å². The lowest BCUT2D eigenvalue weighted by atomic mass is 10.0. The Morgan fingerprint density at radius 2 is 0.567 bits per heavy atom. The second-order valence-electron chi connectivity index (χ2n) is 7.73. The first-order valence-corrected chi connectivity index (χ1v) is 10.4. The quantitative estimate of drug-likeness (QED) is 0.302. The van der Waals surface area contributed by atoms with Gasteiger partial charge < -0.3 is 0 Å². The minimum absolute atomic E-state index is 1.21. The van der Waals surface area contributed by atoms with Crippen LogP contribution in [0.1, 0.15) is 33.4 Å². The van der Waals surface area contributed by atoms with Gasteiger partial charge in [0.15, 0.2) is 0 Å². The molecule has 0 spiro atoms. The summed E-state index contributed by atoms with van der Waals surface area (Å²) in [5.74, 6) is 0. The van der Waals surface area contributed by atoms with E-state index in [-0.39, 0.29) is 0 Å². The average Bonchev–Trinajstić information content (AvgIpc) is 2.79. The molecule has 30 heavy (non-hydrogen) atoms. The monoisotopic (exact) mass is 386 g/mol. The van der Waals surface area contributed by atoms with Crippen molar-refractivity contribution in [2.75, 3.05) is 0 Å². The van der Waals surface area contributed by atoms with E-state index >= 15 is 0 Å². The van der Waals surface area contributed by atoms with Crippen LogP contribution in [-0.2, 0) is 0 Å². The van der Waals surface area contributed by atoms with Gasteiger partial charge in [0.1, 0.15) is 0 Å². The summed E-state index contributed by atoms with van der Waals surface area (Å²) in [5, 5.41) is 0. The SMILES string of the molecule is Cc1ccc(/C=C/c2ccc(-c3ccc(/C=C/c4ccc(C)cc4)cc3)cc2)cc1. The maximum Gasteiger partial charge on any atom is -0.0184 e. The fourth-order valence-corrected chi connectivity index (χ4v) is 3.31. The fraction of sp³-hybridized carbons (Fsp3) is 0.0667. The number of hydrogen-bond donors (Lipinski definition) is 0. The lowest BCUT2D eigenvalue weighted by Gasteiger charge is -2.04. The van der Waals surface area contributed by atoms with Gasteiger partial charge in [0.2, 0.25) is 0 Å². The largest absolute Gasteiger partial charge is 0.0587 e. The van der Waals surface area contributed by atoms with Crippen molar-refractivity contribution in [2.24, 2.45) is 0 Å². The van der Waals surface area contributed by atoms with Crippen molar-refractivity contribution in [1.29, 1.82) is 0 Å². The molecule has 0 heterocycles. The Bertz CT molecular complexity index is 1040. The number of aryl methyl sites for hydroxylation is 2. The lowest BCUT2D eigenvalue weighted by molar-refractivity contribution is 1.46. The van der Waals surface area contributed by atoms with Gasteiger partial charge in [0.25, 0.3) is 0 Å². The first-order chi connectivity index (χ1) is 14.7. The molecule has 0 radical (unpaired) electrons. The van der Waals surface area contributed by atoms with Gasteiger partial charge in [0.05, 0.1) is 0 Å². The third kappa shape index (κ3) is 5.24. The van der Waals surface area contributed by atoms with Gasteiger partial charge >= 0.3 is 0 Å². The van der Waals surface area contributed by atoms with Gasteiger partial charge in [-0.05, 0) is 47.2 Å². The molecule has 0 saturated heterocycles. The third-order valence-electron chi connectivity index (χ3n) is 5.25. The predicted molar refractivity (Wildman–Crippen MR) is 132 cm³/mol. The van der Waals surface area contributed by atoms with Gasteiger partial charge in [-0.1, -0.05) is 132 Å². The first kappa shape index (κ1) is 19.7. The van der Waals surface area contributed by atoms with E-state index in [0.717, 1.165) is 0 Å². The highest BCUT2D eigenvalue weighted by atomic mass is 14.0. The third-order valence-corrected chi connectivity index (χ3v) is 5.25. The second kappa shape index (κ2) is 9.24. The Kier molecular flexibility index (Phi) is 6.06. The van der Waals surface area contributed by atoms with Crippen molar-refractivity contribution < 1.29 is 0 Å².